The molecule has 2 saturated heterocycles. The van der Waals surface area contributed by atoms with E-state index >= 15 is 0 Å². The number of fused-ring (bicyclic) bond motifs is 2. The average molecular weight is 193 g/mol. The Morgan fingerprint density at radius 3 is 2.36 bits per heavy atom. The normalized spacial score (nSPS) is 31.3. The van der Waals surface area contributed by atoms with Gasteiger partial charge in [-0.15, -0.1) is 0 Å². The van der Waals surface area contributed by atoms with Crippen LogP contribution >= 0.6 is 0 Å². The highest BCUT2D eigenvalue weighted by Gasteiger charge is 2.30. The minimum Gasteiger partial charge on any atom is -0.311 e. The van der Waals surface area contributed by atoms with Gasteiger partial charge in [0.25, 0.3) is 0 Å². The van der Waals surface area contributed by atoms with E-state index in [4.69, 9.17) is 0 Å². The van der Waals surface area contributed by atoms with E-state index < -0.39 is 0 Å². The smallest absolute Gasteiger partial charge is 0.0108 e. The summed E-state index contributed by atoms with van der Waals surface area (Å²) < 4.78 is 0. The topological polar surface area (TPSA) is 12.0 Å². The fourth-order valence-electron chi connectivity index (χ4n) is 3.01. The lowest BCUT2D eigenvalue weighted by molar-refractivity contribution is 0.466. The minimum atomic E-state index is 0.811. The van der Waals surface area contributed by atoms with Gasteiger partial charge >= 0.3 is 0 Å². The quantitative estimate of drug-likeness (QED) is 0.664. The number of hydrogen-bond acceptors (Lipinski definition) is 1. The second-order valence-electron chi connectivity index (χ2n) is 5.53. The SMILES string of the molecule is CC(CC(C)C)=C1CC2CCC(C1)N2. The summed E-state index contributed by atoms with van der Waals surface area (Å²) in [6.07, 6.45) is 6.77. The molecule has 0 amide bonds. The summed E-state index contributed by atoms with van der Waals surface area (Å²) in [5.74, 6) is 0.815. The van der Waals surface area contributed by atoms with Crippen molar-refractivity contribution >= 4 is 0 Å². The molecule has 2 atom stereocenters. The Morgan fingerprint density at radius 1 is 1.29 bits per heavy atom. The molecule has 1 N–H and O–H groups in total. The molecule has 0 aromatic carbocycles. The molecule has 2 fully saturated rings. The fraction of sp³-hybridized carbons (Fsp3) is 0.846. The van der Waals surface area contributed by atoms with E-state index in [-0.39, 0.29) is 0 Å². The Hall–Kier alpha value is -0.300. The molecule has 2 rings (SSSR count). The second kappa shape index (κ2) is 4.06. The van der Waals surface area contributed by atoms with Crippen molar-refractivity contribution in [3.05, 3.63) is 11.1 Å². The highest BCUT2D eigenvalue weighted by Crippen LogP contribution is 2.33. The fourth-order valence-corrected chi connectivity index (χ4v) is 3.01. The van der Waals surface area contributed by atoms with E-state index in [1.165, 1.54) is 32.1 Å². The summed E-state index contributed by atoms with van der Waals surface area (Å²) in [7, 11) is 0. The van der Waals surface area contributed by atoms with Gasteiger partial charge in [0.1, 0.15) is 0 Å². The van der Waals surface area contributed by atoms with Crippen molar-refractivity contribution in [2.24, 2.45) is 5.92 Å². The maximum atomic E-state index is 3.69. The standard InChI is InChI=1S/C13H23N/c1-9(2)6-10(3)11-7-12-4-5-13(8-11)14-12/h9,12-14H,4-8H2,1-3H3. The molecule has 2 unspecified atom stereocenters. The largest absolute Gasteiger partial charge is 0.311 e. The maximum absolute atomic E-state index is 3.69. The molecule has 80 valence electrons. The molecule has 1 heteroatoms. The summed E-state index contributed by atoms with van der Waals surface area (Å²) in [4.78, 5) is 0. The summed E-state index contributed by atoms with van der Waals surface area (Å²) in [5.41, 5.74) is 3.45. The van der Waals surface area contributed by atoms with Gasteiger partial charge < -0.3 is 5.32 Å². The van der Waals surface area contributed by atoms with Crippen LogP contribution in [0.5, 0.6) is 0 Å². The van der Waals surface area contributed by atoms with Gasteiger partial charge in [-0.1, -0.05) is 25.0 Å². The molecular formula is C13H23N. The van der Waals surface area contributed by atoms with Crippen LogP contribution in [-0.4, -0.2) is 12.1 Å². The van der Waals surface area contributed by atoms with E-state index in [1.807, 2.05) is 0 Å². The molecule has 0 aromatic rings. The first-order valence-corrected chi connectivity index (χ1v) is 6.08. The lowest BCUT2D eigenvalue weighted by Gasteiger charge is -2.26. The highest BCUT2D eigenvalue weighted by molar-refractivity contribution is 5.19. The zero-order valence-corrected chi connectivity index (χ0v) is 9.77. The third kappa shape index (κ3) is 2.20. The van der Waals surface area contributed by atoms with Crippen LogP contribution < -0.4 is 5.32 Å². The first kappa shape index (κ1) is 10.2. The van der Waals surface area contributed by atoms with Crippen LogP contribution in [0.3, 0.4) is 0 Å². The first-order chi connectivity index (χ1) is 6.65. The lowest BCUT2D eigenvalue weighted by atomic mass is 9.91. The molecule has 1 nitrogen and oxygen atoms in total. The lowest BCUT2D eigenvalue weighted by Crippen LogP contribution is -2.35. The van der Waals surface area contributed by atoms with Crippen molar-refractivity contribution in [3.8, 4) is 0 Å². The molecule has 0 aromatic heterocycles. The van der Waals surface area contributed by atoms with Gasteiger partial charge in [0.05, 0.1) is 0 Å². The molecule has 0 aliphatic carbocycles. The Morgan fingerprint density at radius 2 is 1.86 bits per heavy atom. The third-order valence-electron chi connectivity index (χ3n) is 3.64. The van der Waals surface area contributed by atoms with E-state index in [0.717, 1.165) is 18.0 Å². The van der Waals surface area contributed by atoms with E-state index in [2.05, 4.69) is 26.1 Å². The van der Waals surface area contributed by atoms with Crippen LogP contribution in [0.15, 0.2) is 11.1 Å². The predicted octanol–water partition coefficient (Wildman–Crippen LogP) is 3.26. The molecule has 2 aliphatic rings. The summed E-state index contributed by atoms with van der Waals surface area (Å²) >= 11 is 0. The molecule has 2 aliphatic heterocycles. The van der Waals surface area contributed by atoms with Crippen molar-refractivity contribution in [2.45, 2.75) is 65.0 Å². The van der Waals surface area contributed by atoms with Gasteiger partial charge in [0, 0.05) is 12.1 Å². The Balaban J connectivity index is 2.03. The Bertz CT molecular complexity index is 226. The Labute approximate surface area is 88.0 Å². The summed E-state index contributed by atoms with van der Waals surface area (Å²) in [6, 6.07) is 1.62. The molecule has 0 spiro atoms. The molecule has 2 heterocycles. The van der Waals surface area contributed by atoms with Crippen LogP contribution in [0.1, 0.15) is 52.9 Å². The predicted molar refractivity (Wildman–Crippen MR) is 61.3 cm³/mol. The zero-order valence-electron chi connectivity index (χ0n) is 9.77. The van der Waals surface area contributed by atoms with Gasteiger partial charge in [0.2, 0.25) is 0 Å². The maximum Gasteiger partial charge on any atom is 0.0108 e. The first-order valence-electron chi connectivity index (χ1n) is 6.08. The number of piperidine rings is 1. The minimum absolute atomic E-state index is 0.811. The Kier molecular flexibility index (Phi) is 2.96. The number of allylic oxidation sites excluding steroid dienone is 1. The molecule has 2 bridgehead atoms. The van der Waals surface area contributed by atoms with Crippen LogP contribution in [-0.2, 0) is 0 Å². The highest BCUT2D eigenvalue weighted by atomic mass is 15.0. The average Bonchev–Trinajstić information content (AvgIpc) is 2.44. The monoisotopic (exact) mass is 193 g/mol. The summed E-state index contributed by atoms with van der Waals surface area (Å²) in [5, 5.41) is 3.69. The zero-order chi connectivity index (χ0) is 10.1. The third-order valence-corrected chi connectivity index (χ3v) is 3.64. The van der Waals surface area contributed by atoms with Crippen LogP contribution in [0, 0.1) is 5.92 Å². The van der Waals surface area contributed by atoms with Crippen LogP contribution in [0.25, 0.3) is 0 Å². The molecular weight excluding hydrogens is 170 g/mol. The van der Waals surface area contributed by atoms with Gasteiger partial charge in [-0.2, -0.15) is 0 Å². The van der Waals surface area contributed by atoms with Crippen molar-refractivity contribution < 1.29 is 0 Å². The molecule has 0 radical (unpaired) electrons. The van der Waals surface area contributed by atoms with Gasteiger partial charge in [-0.3, -0.25) is 0 Å². The van der Waals surface area contributed by atoms with Gasteiger partial charge in [-0.25, -0.2) is 0 Å². The van der Waals surface area contributed by atoms with Crippen molar-refractivity contribution in [2.75, 3.05) is 0 Å². The molecule has 0 saturated carbocycles. The van der Waals surface area contributed by atoms with Crippen LogP contribution in [0.4, 0.5) is 0 Å². The number of rotatable bonds is 2. The van der Waals surface area contributed by atoms with Crippen molar-refractivity contribution in [1.29, 1.82) is 0 Å². The second-order valence-corrected chi connectivity index (χ2v) is 5.53. The van der Waals surface area contributed by atoms with E-state index in [0.29, 0.717) is 0 Å². The van der Waals surface area contributed by atoms with Crippen molar-refractivity contribution in [1.82, 2.24) is 5.32 Å². The summed E-state index contributed by atoms with van der Waals surface area (Å²) in [6.45, 7) is 6.99. The van der Waals surface area contributed by atoms with Gasteiger partial charge in [-0.05, 0) is 44.9 Å². The molecule has 14 heavy (non-hydrogen) atoms. The number of hydrogen-bond donors (Lipinski definition) is 1. The van der Waals surface area contributed by atoms with Crippen LogP contribution in [0.2, 0.25) is 0 Å². The van der Waals surface area contributed by atoms with Gasteiger partial charge in [0.15, 0.2) is 0 Å². The number of nitrogens with one attached hydrogen (secondary N) is 1. The van der Waals surface area contributed by atoms with Crippen molar-refractivity contribution in [3.63, 3.8) is 0 Å². The van der Waals surface area contributed by atoms with E-state index in [9.17, 15) is 0 Å². The van der Waals surface area contributed by atoms with E-state index in [1.54, 1.807) is 11.1 Å².